The zero-order valence-corrected chi connectivity index (χ0v) is 11.8. The van der Waals surface area contributed by atoms with E-state index in [4.69, 9.17) is 0 Å². The van der Waals surface area contributed by atoms with Gasteiger partial charge in [-0.3, -0.25) is 4.39 Å². The molecule has 0 saturated heterocycles. The average molecular weight is 236 g/mol. The van der Waals surface area contributed by atoms with Crippen molar-refractivity contribution >= 4 is 0 Å². The highest BCUT2D eigenvalue weighted by molar-refractivity contribution is 5.30. The summed E-state index contributed by atoms with van der Waals surface area (Å²) >= 11 is 0. The third-order valence-corrected chi connectivity index (χ3v) is 3.84. The molecule has 0 aromatic rings. The summed E-state index contributed by atoms with van der Waals surface area (Å²) in [6, 6.07) is 0. The fourth-order valence-electron chi connectivity index (χ4n) is 2.19. The third kappa shape index (κ3) is 3.83. The molecule has 0 aliphatic heterocycles. The fraction of sp³-hybridized carbons (Fsp3) is 0.625. The van der Waals surface area contributed by atoms with Crippen LogP contribution in [0.15, 0.2) is 34.9 Å². The first-order valence-electron chi connectivity index (χ1n) is 6.45. The molecule has 0 aromatic heterocycles. The first-order chi connectivity index (χ1) is 7.90. The zero-order chi connectivity index (χ0) is 13.1. The summed E-state index contributed by atoms with van der Waals surface area (Å²) in [6.07, 6.45) is 8.41. The van der Waals surface area contributed by atoms with Gasteiger partial charge in [0.05, 0.1) is 6.67 Å². The Bertz CT molecular complexity index is 356. The van der Waals surface area contributed by atoms with Gasteiger partial charge in [0.1, 0.15) is 0 Å². The van der Waals surface area contributed by atoms with Crippen molar-refractivity contribution < 1.29 is 4.39 Å². The second kappa shape index (κ2) is 5.66. The van der Waals surface area contributed by atoms with E-state index in [1.54, 1.807) is 0 Å². The summed E-state index contributed by atoms with van der Waals surface area (Å²) in [5.41, 5.74) is 4.27. The smallest absolute Gasteiger partial charge is 0.0931 e. The van der Waals surface area contributed by atoms with E-state index in [0.29, 0.717) is 17.8 Å². The summed E-state index contributed by atoms with van der Waals surface area (Å²) in [7, 11) is 0. The van der Waals surface area contributed by atoms with Gasteiger partial charge in [-0.2, -0.15) is 0 Å². The molecule has 0 aromatic carbocycles. The molecule has 0 bridgehead atoms. The van der Waals surface area contributed by atoms with Crippen LogP contribution in [-0.2, 0) is 0 Å². The lowest BCUT2D eigenvalue weighted by Gasteiger charge is -2.10. The molecule has 1 heteroatoms. The van der Waals surface area contributed by atoms with Gasteiger partial charge in [0, 0.05) is 0 Å². The largest absolute Gasteiger partial charge is 0.251 e. The van der Waals surface area contributed by atoms with Crippen molar-refractivity contribution in [2.75, 3.05) is 6.67 Å². The number of alkyl halides is 1. The SMILES string of the molecule is CC(C)=CC1CC1(C)/C(C)=C/C=C(\C)CCF. The van der Waals surface area contributed by atoms with Crippen LogP contribution < -0.4 is 0 Å². The topological polar surface area (TPSA) is 0 Å². The Morgan fingerprint density at radius 1 is 1.24 bits per heavy atom. The van der Waals surface area contributed by atoms with Gasteiger partial charge in [-0.05, 0) is 51.9 Å². The summed E-state index contributed by atoms with van der Waals surface area (Å²) in [6.45, 7) is 10.6. The van der Waals surface area contributed by atoms with E-state index in [1.807, 2.05) is 6.92 Å². The van der Waals surface area contributed by atoms with Crippen LogP contribution in [0.2, 0.25) is 0 Å². The van der Waals surface area contributed by atoms with E-state index >= 15 is 0 Å². The quantitative estimate of drug-likeness (QED) is 0.453. The van der Waals surface area contributed by atoms with Crippen LogP contribution in [0.4, 0.5) is 4.39 Å². The van der Waals surface area contributed by atoms with Crippen molar-refractivity contribution in [3.05, 3.63) is 34.9 Å². The summed E-state index contributed by atoms with van der Waals surface area (Å²) < 4.78 is 12.2. The highest BCUT2D eigenvalue weighted by Crippen LogP contribution is 2.58. The van der Waals surface area contributed by atoms with Crippen LogP contribution in [0.25, 0.3) is 0 Å². The van der Waals surface area contributed by atoms with Crippen molar-refractivity contribution in [1.82, 2.24) is 0 Å². The van der Waals surface area contributed by atoms with Gasteiger partial charge in [0.2, 0.25) is 0 Å². The Kier molecular flexibility index (Phi) is 4.73. The molecule has 1 aliphatic rings. The van der Waals surface area contributed by atoms with E-state index in [9.17, 15) is 4.39 Å². The van der Waals surface area contributed by atoms with Gasteiger partial charge < -0.3 is 0 Å². The van der Waals surface area contributed by atoms with Gasteiger partial charge in [-0.1, -0.05) is 41.9 Å². The predicted octanol–water partition coefficient (Wildman–Crippen LogP) is 5.23. The molecular formula is C16H25F. The minimum absolute atomic E-state index is 0.257. The van der Waals surface area contributed by atoms with Crippen LogP contribution in [0.5, 0.6) is 0 Å². The Hall–Kier alpha value is -0.850. The summed E-state index contributed by atoms with van der Waals surface area (Å²) in [4.78, 5) is 0. The lowest BCUT2D eigenvalue weighted by molar-refractivity contribution is 0.494. The van der Waals surface area contributed by atoms with Gasteiger partial charge in [0.15, 0.2) is 0 Å². The minimum Gasteiger partial charge on any atom is -0.251 e. The molecule has 1 rings (SSSR count). The molecule has 17 heavy (non-hydrogen) atoms. The lowest BCUT2D eigenvalue weighted by atomic mass is 9.95. The lowest BCUT2D eigenvalue weighted by Crippen LogP contribution is -1.98. The highest BCUT2D eigenvalue weighted by atomic mass is 19.1. The molecule has 0 spiro atoms. The monoisotopic (exact) mass is 236 g/mol. The van der Waals surface area contributed by atoms with Crippen molar-refractivity contribution in [3.63, 3.8) is 0 Å². The number of rotatable bonds is 5. The second-order valence-electron chi connectivity index (χ2n) is 5.77. The predicted molar refractivity (Wildman–Crippen MR) is 73.8 cm³/mol. The molecule has 0 radical (unpaired) electrons. The molecule has 1 aliphatic carbocycles. The first kappa shape index (κ1) is 14.2. The van der Waals surface area contributed by atoms with E-state index < -0.39 is 0 Å². The zero-order valence-electron chi connectivity index (χ0n) is 11.8. The molecule has 1 fully saturated rings. The van der Waals surface area contributed by atoms with Gasteiger partial charge in [-0.25, -0.2) is 0 Å². The molecule has 0 nitrogen and oxygen atoms in total. The molecule has 0 N–H and O–H groups in total. The van der Waals surface area contributed by atoms with Crippen LogP contribution in [0.3, 0.4) is 0 Å². The molecule has 2 unspecified atom stereocenters. The normalized spacial score (nSPS) is 29.2. The Balaban J connectivity index is 2.66. The molecule has 0 amide bonds. The molecular weight excluding hydrogens is 211 g/mol. The van der Waals surface area contributed by atoms with Crippen molar-refractivity contribution in [1.29, 1.82) is 0 Å². The Morgan fingerprint density at radius 2 is 1.88 bits per heavy atom. The van der Waals surface area contributed by atoms with Crippen molar-refractivity contribution in [2.24, 2.45) is 11.3 Å². The van der Waals surface area contributed by atoms with E-state index in [1.165, 1.54) is 17.6 Å². The van der Waals surface area contributed by atoms with Crippen LogP contribution in [-0.4, -0.2) is 6.67 Å². The van der Waals surface area contributed by atoms with Crippen molar-refractivity contribution in [2.45, 2.75) is 47.5 Å². The Morgan fingerprint density at radius 3 is 2.41 bits per heavy atom. The maximum Gasteiger partial charge on any atom is 0.0931 e. The van der Waals surface area contributed by atoms with E-state index in [-0.39, 0.29) is 6.67 Å². The maximum absolute atomic E-state index is 12.2. The second-order valence-corrected chi connectivity index (χ2v) is 5.77. The third-order valence-electron chi connectivity index (χ3n) is 3.84. The molecule has 0 heterocycles. The molecule has 1 saturated carbocycles. The van der Waals surface area contributed by atoms with Crippen LogP contribution in [0, 0.1) is 11.3 Å². The number of allylic oxidation sites excluding steroid dienone is 6. The van der Waals surface area contributed by atoms with E-state index in [0.717, 1.165) is 5.57 Å². The van der Waals surface area contributed by atoms with E-state index in [2.05, 4.69) is 45.9 Å². The highest BCUT2D eigenvalue weighted by Gasteiger charge is 2.49. The number of halogens is 1. The average Bonchev–Trinajstić information content (AvgIpc) is 2.86. The van der Waals surface area contributed by atoms with Crippen LogP contribution in [0.1, 0.15) is 47.5 Å². The maximum atomic E-state index is 12.2. The standard InChI is InChI=1S/C16H25F/c1-12(2)10-15-11-16(15,5)14(4)7-6-13(3)8-9-17/h6-7,10,15H,8-9,11H2,1-5H3/b13-6+,14-7+. The molecule has 2 atom stereocenters. The Labute approximate surface area is 105 Å². The fourth-order valence-corrected chi connectivity index (χ4v) is 2.19. The first-order valence-corrected chi connectivity index (χ1v) is 6.45. The van der Waals surface area contributed by atoms with Gasteiger partial charge in [0.25, 0.3) is 0 Å². The van der Waals surface area contributed by atoms with Crippen molar-refractivity contribution in [3.8, 4) is 0 Å². The summed E-state index contributed by atoms with van der Waals surface area (Å²) in [5.74, 6) is 0.693. The summed E-state index contributed by atoms with van der Waals surface area (Å²) in [5, 5.41) is 0. The van der Waals surface area contributed by atoms with Gasteiger partial charge >= 0.3 is 0 Å². The number of hydrogen-bond acceptors (Lipinski definition) is 0. The number of hydrogen-bond donors (Lipinski definition) is 0. The van der Waals surface area contributed by atoms with Crippen LogP contribution >= 0.6 is 0 Å². The van der Waals surface area contributed by atoms with Gasteiger partial charge in [-0.15, -0.1) is 0 Å². The molecule has 96 valence electrons. The minimum atomic E-state index is -0.257.